The average Bonchev–Trinajstić information content (AvgIpc) is 1.36. The van der Waals surface area contributed by atoms with Crippen LogP contribution in [0.15, 0.2) is 0 Å². The maximum Gasteiger partial charge on any atom is 0.332 e. The Bertz CT molecular complexity index is 58.0. The molecular formula is C3H8O4. The summed E-state index contributed by atoms with van der Waals surface area (Å²) in [4.78, 5) is 9.45. The molecule has 0 radical (unpaired) electrons. The van der Waals surface area contributed by atoms with Gasteiger partial charge in [-0.2, -0.15) is 0 Å². The first-order chi connectivity index (χ1) is 2.64. The third-order valence-corrected chi connectivity index (χ3v) is 0.357. The number of aliphatic carboxylic acids is 1. The molecular weight excluding hydrogens is 100 g/mol. The summed E-state index contributed by atoms with van der Waals surface area (Å²) in [6, 6.07) is 0. The van der Waals surface area contributed by atoms with Gasteiger partial charge in [0.2, 0.25) is 0 Å². The Balaban J connectivity index is 0. The lowest BCUT2D eigenvalue weighted by atomic mass is 10.4. The first-order valence-electron chi connectivity index (χ1n) is 1.55. The van der Waals surface area contributed by atoms with Crippen molar-refractivity contribution in [3.05, 3.63) is 0 Å². The van der Waals surface area contributed by atoms with Gasteiger partial charge in [-0.25, -0.2) is 4.79 Å². The van der Waals surface area contributed by atoms with Crippen LogP contribution >= 0.6 is 0 Å². The second-order valence-electron chi connectivity index (χ2n) is 1.01. The molecule has 0 spiro atoms. The summed E-state index contributed by atoms with van der Waals surface area (Å²) in [5, 5.41) is 15.8. The minimum Gasteiger partial charge on any atom is -0.479 e. The lowest BCUT2D eigenvalue weighted by Gasteiger charge is -1.89. The Morgan fingerprint density at radius 2 is 1.86 bits per heavy atom. The summed E-state index contributed by atoms with van der Waals surface area (Å²) in [6.07, 6.45) is -1.23. The normalized spacial score (nSPS) is 11.7. The lowest BCUT2D eigenvalue weighted by molar-refractivity contribution is -0.145. The molecule has 0 bridgehead atoms. The predicted octanol–water partition coefficient (Wildman–Crippen LogP) is -1.37. The van der Waals surface area contributed by atoms with Crippen LogP contribution in [0.1, 0.15) is 6.92 Å². The van der Waals surface area contributed by atoms with Gasteiger partial charge in [0.15, 0.2) is 0 Å². The van der Waals surface area contributed by atoms with E-state index in [0.29, 0.717) is 0 Å². The zero-order valence-electron chi connectivity index (χ0n) is 3.88. The number of carboxylic acids is 1. The van der Waals surface area contributed by atoms with Crippen LogP contribution in [0.5, 0.6) is 0 Å². The fourth-order valence-corrected chi connectivity index (χ4v) is 0. The van der Waals surface area contributed by atoms with E-state index in [-0.39, 0.29) is 5.48 Å². The van der Waals surface area contributed by atoms with Crippen LogP contribution in [0.4, 0.5) is 0 Å². The molecule has 0 unspecified atom stereocenters. The molecule has 0 saturated heterocycles. The molecule has 4 nitrogen and oxygen atoms in total. The molecule has 0 rings (SSSR count). The molecule has 0 aliphatic carbocycles. The second kappa shape index (κ2) is 3.58. The van der Waals surface area contributed by atoms with E-state index in [0.717, 1.165) is 0 Å². The van der Waals surface area contributed by atoms with Crippen molar-refractivity contribution < 1.29 is 20.5 Å². The molecule has 4 N–H and O–H groups in total. The zero-order chi connectivity index (χ0) is 5.15. The van der Waals surface area contributed by atoms with Crippen LogP contribution in [-0.4, -0.2) is 27.8 Å². The topological polar surface area (TPSA) is 89.0 Å². The second-order valence-corrected chi connectivity index (χ2v) is 1.01. The average molecular weight is 108 g/mol. The number of hydrogen-bond acceptors (Lipinski definition) is 2. The van der Waals surface area contributed by atoms with E-state index >= 15 is 0 Å². The van der Waals surface area contributed by atoms with Gasteiger partial charge in [-0.3, -0.25) is 0 Å². The summed E-state index contributed by atoms with van der Waals surface area (Å²) in [5.74, 6) is -1.19. The van der Waals surface area contributed by atoms with Gasteiger partial charge in [0.25, 0.3) is 0 Å². The number of rotatable bonds is 1. The first-order valence-corrected chi connectivity index (χ1v) is 1.55. The first kappa shape index (κ1) is 9.63. The molecule has 0 fully saturated rings. The zero-order valence-corrected chi connectivity index (χ0v) is 3.88. The highest BCUT2D eigenvalue weighted by molar-refractivity contribution is 5.71. The molecule has 0 amide bonds. The van der Waals surface area contributed by atoms with Crippen LogP contribution < -0.4 is 0 Å². The summed E-state index contributed by atoms with van der Waals surface area (Å²) >= 11 is 0. The molecule has 0 aromatic rings. The highest BCUT2D eigenvalue weighted by Gasteiger charge is 2.01. The van der Waals surface area contributed by atoms with Gasteiger partial charge in [-0.15, -0.1) is 0 Å². The van der Waals surface area contributed by atoms with E-state index in [1.807, 2.05) is 0 Å². The summed E-state index contributed by atoms with van der Waals surface area (Å²) in [5.41, 5.74) is 0. The maximum atomic E-state index is 9.45. The third kappa shape index (κ3) is 5.39. The minimum atomic E-state index is -1.23. The number of aliphatic hydroxyl groups excluding tert-OH is 1. The number of carbonyl (C=O) groups is 1. The van der Waals surface area contributed by atoms with E-state index < -0.39 is 12.1 Å². The summed E-state index contributed by atoms with van der Waals surface area (Å²) < 4.78 is 0. The van der Waals surface area contributed by atoms with Crippen molar-refractivity contribution in [1.82, 2.24) is 0 Å². The highest BCUT2D eigenvalue weighted by atomic mass is 16.4. The Morgan fingerprint density at radius 1 is 1.71 bits per heavy atom. The quantitative estimate of drug-likeness (QED) is 0.434. The molecule has 4 heteroatoms. The minimum absolute atomic E-state index is 0. The van der Waals surface area contributed by atoms with Crippen molar-refractivity contribution in [2.45, 2.75) is 13.0 Å². The van der Waals surface area contributed by atoms with E-state index in [1.165, 1.54) is 6.92 Å². The van der Waals surface area contributed by atoms with E-state index in [2.05, 4.69) is 0 Å². The number of hydrogen-bond donors (Lipinski definition) is 2. The Labute approximate surface area is 40.7 Å². The lowest BCUT2D eigenvalue weighted by Crippen LogP contribution is -2.13. The summed E-state index contributed by atoms with van der Waals surface area (Å²) in [7, 11) is 0. The van der Waals surface area contributed by atoms with E-state index in [4.69, 9.17) is 10.2 Å². The van der Waals surface area contributed by atoms with Crippen molar-refractivity contribution in [3.8, 4) is 0 Å². The molecule has 0 saturated carbocycles. The van der Waals surface area contributed by atoms with E-state index in [1.54, 1.807) is 0 Å². The van der Waals surface area contributed by atoms with Crippen LogP contribution in [0, 0.1) is 0 Å². The maximum absolute atomic E-state index is 9.45. The van der Waals surface area contributed by atoms with Crippen LogP contribution in [0.3, 0.4) is 0 Å². The largest absolute Gasteiger partial charge is 0.479 e. The van der Waals surface area contributed by atoms with E-state index in [9.17, 15) is 4.79 Å². The van der Waals surface area contributed by atoms with Crippen molar-refractivity contribution in [1.29, 1.82) is 0 Å². The smallest absolute Gasteiger partial charge is 0.332 e. The highest BCUT2D eigenvalue weighted by Crippen LogP contribution is 1.73. The summed E-state index contributed by atoms with van der Waals surface area (Å²) in [6.45, 7) is 1.20. The SMILES string of the molecule is C[C@H](O)C(=O)O.O. The van der Waals surface area contributed by atoms with Gasteiger partial charge in [0.1, 0.15) is 6.10 Å². The number of aliphatic hydroxyl groups is 1. The van der Waals surface area contributed by atoms with Crippen molar-refractivity contribution in [2.75, 3.05) is 0 Å². The van der Waals surface area contributed by atoms with Crippen LogP contribution in [-0.2, 0) is 4.79 Å². The molecule has 0 aliphatic heterocycles. The van der Waals surface area contributed by atoms with Gasteiger partial charge in [-0.05, 0) is 6.92 Å². The van der Waals surface area contributed by atoms with Gasteiger partial charge >= 0.3 is 5.97 Å². The van der Waals surface area contributed by atoms with Gasteiger partial charge in [-0.1, -0.05) is 0 Å². The molecule has 44 valence electrons. The molecule has 7 heavy (non-hydrogen) atoms. The van der Waals surface area contributed by atoms with Crippen molar-refractivity contribution in [2.24, 2.45) is 0 Å². The molecule has 0 aliphatic rings. The van der Waals surface area contributed by atoms with Crippen molar-refractivity contribution >= 4 is 5.97 Å². The third-order valence-electron chi connectivity index (χ3n) is 0.357. The number of carboxylic acid groups (broad SMARTS) is 1. The fourth-order valence-electron chi connectivity index (χ4n) is 0. The van der Waals surface area contributed by atoms with Crippen LogP contribution in [0.2, 0.25) is 0 Å². The Hall–Kier alpha value is -0.610. The Morgan fingerprint density at radius 3 is 1.86 bits per heavy atom. The molecule has 0 aromatic heterocycles. The molecule has 1 atom stereocenters. The monoisotopic (exact) mass is 108 g/mol. The van der Waals surface area contributed by atoms with Gasteiger partial charge < -0.3 is 15.7 Å². The predicted molar refractivity (Wildman–Crippen MR) is 22.9 cm³/mol. The Kier molecular flexibility index (Phi) is 4.92. The fraction of sp³-hybridized carbons (Fsp3) is 0.667. The van der Waals surface area contributed by atoms with Crippen molar-refractivity contribution in [3.63, 3.8) is 0 Å². The standard InChI is InChI=1S/C3H6O3.H2O/c1-2(4)3(5)6;/h2,4H,1H3,(H,5,6);1H2/t2-;/m0./s1. The molecule has 0 heterocycles. The van der Waals surface area contributed by atoms with Crippen LogP contribution in [0.25, 0.3) is 0 Å². The molecule has 0 aromatic carbocycles. The van der Waals surface area contributed by atoms with Gasteiger partial charge in [0, 0.05) is 0 Å². The van der Waals surface area contributed by atoms with Gasteiger partial charge in [0.05, 0.1) is 0 Å².